The van der Waals surface area contributed by atoms with E-state index in [0.717, 1.165) is 6.07 Å². The second kappa shape index (κ2) is 8.74. The average molecular weight is 451 g/mol. The zero-order valence-corrected chi connectivity index (χ0v) is 16.6. The van der Waals surface area contributed by atoms with Crippen LogP contribution in [0.1, 0.15) is 21.5 Å². The summed E-state index contributed by atoms with van der Waals surface area (Å²) in [6.07, 6.45) is -7.34. The molecule has 0 radical (unpaired) electrons. The Morgan fingerprint density at radius 1 is 1.19 bits per heavy atom. The van der Waals surface area contributed by atoms with Gasteiger partial charge >= 0.3 is 18.5 Å². The number of para-hydroxylation sites is 1. The van der Waals surface area contributed by atoms with Crippen LogP contribution in [0.4, 0.5) is 23.2 Å². The number of halogens is 4. The molecule has 0 bridgehead atoms. The number of carbonyl (C=O) groups is 2. The van der Waals surface area contributed by atoms with Crippen LogP contribution in [0, 0.1) is 0 Å². The minimum absolute atomic E-state index is 0.0554. The Labute approximate surface area is 179 Å². The van der Waals surface area contributed by atoms with Gasteiger partial charge < -0.3 is 19.9 Å². The van der Waals surface area contributed by atoms with Gasteiger partial charge in [-0.1, -0.05) is 18.7 Å². The third kappa shape index (κ3) is 4.58. The standard InChI is InChI=1S/C22H17F4NO5/c1-11-7-12-9-17(31-2)18(32-22(25,26)21(23)24)10-13(12)8-15(11)19(28)27-16-6-4-3-5-14(16)20(29)30/h3-6,8-10,21H,1,7H2,2H3,(H,27,28)(H,29,30). The molecular weight excluding hydrogens is 434 g/mol. The minimum Gasteiger partial charge on any atom is -0.493 e. The lowest BCUT2D eigenvalue weighted by Crippen LogP contribution is -2.33. The van der Waals surface area contributed by atoms with Crippen molar-refractivity contribution in [2.45, 2.75) is 19.0 Å². The topological polar surface area (TPSA) is 84.9 Å². The molecule has 0 fully saturated rings. The van der Waals surface area contributed by atoms with E-state index in [0.29, 0.717) is 11.1 Å². The molecule has 0 saturated heterocycles. The molecule has 3 rings (SSSR count). The molecule has 0 spiro atoms. The van der Waals surface area contributed by atoms with Gasteiger partial charge in [-0.05, 0) is 53.5 Å². The van der Waals surface area contributed by atoms with Crippen LogP contribution in [0.25, 0.3) is 6.08 Å². The highest BCUT2D eigenvalue weighted by atomic mass is 19.3. The summed E-state index contributed by atoms with van der Waals surface area (Å²) in [5.41, 5.74) is 1.17. The van der Waals surface area contributed by atoms with Crippen LogP contribution in [0.2, 0.25) is 0 Å². The van der Waals surface area contributed by atoms with Crippen molar-refractivity contribution in [1.82, 2.24) is 0 Å². The Hall–Kier alpha value is -3.82. The first kappa shape index (κ1) is 22.9. The van der Waals surface area contributed by atoms with Gasteiger partial charge in [0.05, 0.1) is 18.4 Å². The van der Waals surface area contributed by atoms with Crippen LogP contribution in [0.15, 0.2) is 54.1 Å². The van der Waals surface area contributed by atoms with Crippen molar-refractivity contribution in [2.24, 2.45) is 0 Å². The SMILES string of the molecule is C=C1Cc2cc(OC)c(OC(F)(F)C(F)F)cc2C=C1C(=O)Nc1ccccc1C(=O)O. The predicted molar refractivity (Wildman–Crippen MR) is 107 cm³/mol. The summed E-state index contributed by atoms with van der Waals surface area (Å²) >= 11 is 0. The second-order valence-corrected chi connectivity index (χ2v) is 6.81. The van der Waals surface area contributed by atoms with Gasteiger partial charge in [0.25, 0.3) is 5.91 Å². The lowest BCUT2D eigenvalue weighted by molar-refractivity contribution is -0.253. The molecule has 0 aliphatic heterocycles. The molecule has 0 saturated carbocycles. The zero-order valence-electron chi connectivity index (χ0n) is 16.6. The maximum absolute atomic E-state index is 13.4. The first-order valence-corrected chi connectivity index (χ1v) is 9.13. The number of carbonyl (C=O) groups excluding carboxylic acids is 1. The molecule has 2 aromatic rings. The molecule has 168 valence electrons. The third-order valence-corrected chi connectivity index (χ3v) is 4.66. The number of aromatic carboxylic acids is 1. The fraction of sp³-hybridized carbons (Fsp3) is 0.182. The number of hydrogen-bond donors (Lipinski definition) is 2. The summed E-state index contributed by atoms with van der Waals surface area (Å²) < 4.78 is 61.1. The molecule has 0 aromatic heterocycles. The number of amides is 1. The highest BCUT2D eigenvalue weighted by molar-refractivity contribution is 6.12. The molecule has 6 nitrogen and oxygen atoms in total. The monoisotopic (exact) mass is 451 g/mol. The summed E-state index contributed by atoms with van der Waals surface area (Å²) in [5.74, 6) is -2.73. The van der Waals surface area contributed by atoms with Gasteiger partial charge in [0.15, 0.2) is 11.5 Å². The van der Waals surface area contributed by atoms with E-state index in [1.165, 1.54) is 37.5 Å². The van der Waals surface area contributed by atoms with Crippen molar-refractivity contribution in [2.75, 3.05) is 12.4 Å². The van der Waals surface area contributed by atoms with Gasteiger partial charge in [-0.3, -0.25) is 4.79 Å². The van der Waals surface area contributed by atoms with E-state index >= 15 is 0 Å². The van der Waals surface area contributed by atoms with Crippen LogP contribution in [0.5, 0.6) is 11.5 Å². The number of ether oxygens (including phenoxy) is 2. The number of methoxy groups -OCH3 is 1. The number of benzene rings is 2. The molecular formula is C22H17F4NO5. The summed E-state index contributed by atoms with van der Waals surface area (Å²) in [5, 5.41) is 11.7. The van der Waals surface area contributed by atoms with Gasteiger partial charge in [-0.15, -0.1) is 0 Å². The molecule has 0 unspecified atom stereocenters. The van der Waals surface area contributed by atoms with Gasteiger partial charge in [0.1, 0.15) is 0 Å². The Bertz CT molecular complexity index is 1130. The largest absolute Gasteiger partial charge is 0.493 e. The Morgan fingerprint density at radius 2 is 1.88 bits per heavy atom. The molecule has 10 heteroatoms. The van der Waals surface area contributed by atoms with Crippen LogP contribution >= 0.6 is 0 Å². The fourth-order valence-electron chi connectivity index (χ4n) is 3.11. The molecule has 0 atom stereocenters. The smallest absolute Gasteiger partial charge is 0.461 e. The van der Waals surface area contributed by atoms with Crippen LogP contribution in [0.3, 0.4) is 0 Å². The number of carboxylic acid groups (broad SMARTS) is 1. The highest BCUT2D eigenvalue weighted by Gasteiger charge is 2.44. The van der Waals surface area contributed by atoms with Crippen molar-refractivity contribution in [3.8, 4) is 11.5 Å². The maximum atomic E-state index is 13.4. The molecule has 1 aliphatic carbocycles. The first-order chi connectivity index (χ1) is 15.0. The lowest BCUT2D eigenvalue weighted by Gasteiger charge is -2.23. The Morgan fingerprint density at radius 3 is 2.50 bits per heavy atom. The quantitative estimate of drug-likeness (QED) is 0.593. The van der Waals surface area contributed by atoms with Crippen LogP contribution in [-0.2, 0) is 11.2 Å². The Kier molecular flexibility index (Phi) is 6.24. The molecule has 2 aromatic carbocycles. The number of nitrogens with one attached hydrogen (secondary N) is 1. The van der Waals surface area contributed by atoms with Crippen molar-refractivity contribution in [3.05, 3.63) is 70.8 Å². The van der Waals surface area contributed by atoms with Crippen LogP contribution in [-0.4, -0.2) is 36.6 Å². The number of hydrogen-bond acceptors (Lipinski definition) is 4. The second-order valence-electron chi connectivity index (χ2n) is 6.81. The average Bonchev–Trinajstić information content (AvgIpc) is 2.72. The number of rotatable bonds is 7. The lowest BCUT2D eigenvalue weighted by atomic mass is 9.88. The summed E-state index contributed by atoms with van der Waals surface area (Å²) in [6.45, 7) is 3.84. The molecule has 1 aliphatic rings. The van der Waals surface area contributed by atoms with Crippen LogP contribution < -0.4 is 14.8 Å². The van der Waals surface area contributed by atoms with E-state index in [2.05, 4.69) is 16.6 Å². The normalized spacial score (nSPS) is 13.3. The van der Waals surface area contributed by atoms with Gasteiger partial charge in [0, 0.05) is 5.57 Å². The Balaban J connectivity index is 1.97. The van der Waals surface area contributed by atoms with E-state index < -0.39 is 30.2 Å². The number of alkyl halides is 4. The van der Waals surface area contributed by atoms with Crippen molar-refractivity contribution in [1.29, 1.82) is 0 Å². The minimum atomic E-state index is -4.75. The highest BCUT2D eigenvalue weighted by Crippen LogP contribution is 2.39. The van der Waals surface area contributed by atoms with Gasteiger partial charge in [0.2, 0.25) is 0 Å². The van der Waals surface area contributed by atoms with Gasteiger partial charge in [-0.25, -0.2) is 4.79 Å². The van der Waals surface area contributed by atoms with E-state index in [-0.39, 0.29) is 34.6 Å². The van der Waals surface area contributed by atoms with Gasteiger partial charge in [-0.2, -0.15) is 17.6 Å². The molecule has 32 heavy (non-hydrogen) atoms. The molecule has 2 N–H and O–H groups in total. The van der Waals surface area contributed by atoms with Crippen molar-refractivity contribution < 1.29 is 41.7 Å². The van der Waals surface area contributed by atoms with Crippen molar-refractivity contribution >= 4 is 23.6 Å². The van der Waals surface area contributed by atoms with E-state index in [9.17, 15) is 32.3 Å². The van der Waals surface area contributed by atoms with E-state index in [4.69, 9.17) is 4.74 Å². The third-order valence-electron chi connectivity index (χ3n) is 4.66. The fourth-order valence-corrected chi connectivity index (χ4v) is 3.11. The zero-order chi connectivity index (χ0) is 23.6. The van der Waals surface area contributed by atoms with E-state index in [1.54, 1.807) is 6.07 Å². The predicted octanol–water partition coefficient (Wildman–Crippen LogP) is 4.76. The molecule has 1 amide bonds. The maximum Gasteiger partial charge on any atom is 0.461 e. The molecule has 0 heterocycles. The summed E-state index contributed by atoms with van der Waals surface area (Å²) in [6, 6.07) is 8.16. The number of fused-ring (bicyclic) bond motifs is 1. The number of carboxylic acids is 1. The summed E-state index contributed by atoms with van der Waals surface area (Å²) in [4.78, 5) is 24.1. The van der Waals surface area contributed by atoms with E-state index in [1.807, 2.05) is 0 Å². The first-order valence-electron chi connectivity index (χ1n) is 9.13. The number of anilines is 1. The summed E-state index contributed by atoms with van der Waals surface area (Å²) in [7, 11) is 1.17. The van der Waals surface area contributed by atoms with Crippen molar-refractivity contribution in [3.63, 3.8) is 0 Å².